The third kappa shape index (κ3) is 6.88. The van der Waals surface area contributed by atoms with Crippen molar-refractivity contribution in [3.63, 3.8) is 0 Å². The van der Waals surface area contributed by atoms with Gasteiger partial charge < -0.3 is 14.9 Å². The number of nitrogens with zero attached hydrogens (tertiary/aromatic N) is 2. The maximum Gasteiger partial charge on any atom is 0.115 e. The summed E-state index contributed by atoms with van der Waals surface area (Å²) in [5.41, 5.74) is 15.8. The molecule has 0 bridgehead atoms. The fraction of sp³-hybridized carbons (Fsp3) is 0.0492. The molecule has 0 saturated heterocycles. The molecule has 9 aromatic rings. The number of fused-ring (bicyclic) bond motifs is 3. The highest BCUT2D eigenvalue weighted by molar-refractivity contribution is 5.83. The van der Waals surface area contributed by atoms with Gasteiger partial charge in [0.2, 0.25) is 0 Å². The first-order valence-electron chi connectivity index (χ1n) is 22.1. The second-order valence-corrected chi connectivity index (χ2v) is 16.7. The van der Waals surface area contributed by atoms with Crippen molar-refractivity contribution in [2.75, 3.05) is 9.80 Å². The van der Waals surface area contributed by atoms with Crippen LogP contribution in [0.4, 0.5) is 34.1 Å². The number of phenols is 1. The second kappa shape index (κ2) is 16.6. The Kier molecular flexibility index (Phi) is 10.1. The maximum atomic E-state index is 10.6. The molecule has 0 fully saturated rings. The van der Waals surface area contributed by atoms with Crippen LogP contribution in [0.2, 0.25) is 0 Å². The van der Waals surface area contributed by atoms with Gasteiger partial charge in [0, 0.05) is 46.0 Å². The molecule has 2 aliphatic rings. The quantitative estimate of drug-likeness (QED) is 0.149. The number of phenolic OH excluding ortho intramolecular Hbond substituents is 1. The number of benzene rings is 9. The number of hydrogen-bond donors (Lipinski definition) is 1. The lowest BCUT2D eigenvalue weighted by Crippen LogP contribution is -2.35. The highest BCUT2D eigenvalue weighted by Gasteiger charge is 2.53. The molecular weight excluding hydrogens is 777 g/mol. The summed E-state index contributed by atoms with van der Waals surface area (Å²) in [7, 11) is 0. The van der Waals surface area contributed by atoms with Gasteiger partial charge in [-0.15, -0.1) is 0 Å². The summed E-state index contributed by atoms with van der Waals surface area (Å²) in [6.45, 7) is 0. The topological polar surface area (TPSA) is 26.7 Å². The summed E-state index contributed by atoms with van der Waals surface area (Å²) in [5.74, 6) is 0.457. The third-order valence-electron chi connectivity index (χ3n) is 13.1. The van der Waals surface area contributed by atoms with Gasteiger partial charge in [-0.05, 0) is 136 Å². The summed E-state index contributed by atoms with van der Waals surface area (Å²) >= 11 is 0. The van der Waals surface area contributed by atoms with Crippen molar-refractivity contribution in [3.8, 4) is 16.9 Å². The van der Waals surface area contributed by atoms with E-state index in [4.69, 9.17) is 0 Å². The normalized spacial score (nSPS) is 17.2. The predicted molar refractivity (Wildman–Crippen MR) is 265 cm³/mol. The molecule has 3 unspecified atom stereocenters. The van der Waals surface area contributed by atoms with Gasteiger partial charge in [0.25, 0.3) is 0 Å². The minimum absolute atomic E-state index is 0.0576. The zero-order valence-electron chi connectivity index (χ0n) is 35.3. The lowest BCUT2D eigenvalue weighted by molar-refractivity contribution is 0.453. The molecule has 0 aliphatic heterocycles. The van der Waals surface area contributed by atoms with Crippen molar-refractivity contribution >= 4 is 39.7 Å². The highest BCUT2D eigenvalue weighted by atomic mass is 16.3. The Labute approximate surface area is 375 Å². The van der Waals surface area contributed by atoms with E-state index >= 15 is 0 Å². The van der Waals surface area contributed by atoms with E-state index in [0.29, 0.717) is 0 Å². The van der Waals surface area contributed by atoms with Crippen LogP contribution in [0.15, 0.2) is 261 Å². The van der Waals surface area contributed by atoms with E-state index in [0.717, 1.165) is 45.3 Å². The van der Waals surface area contributed by atoms with Crippen LogP contribution in [-0.2, 0) is 5.41 Å². The van der Waals surface area contributed by atoms with Crippen LogP contribution in [0.3, 0.4) is 0 Å². The average Bonchev–Trinajstić information content (AvgIpc) is 3.66. The van der Waals surface area contributed by atoms with Gasteiger partial charge in [-0.2, -0.15) is 0 Å². The Hall–Kier alpha value is -8.14. The summed E-state index contributed by atoms with van der Waals surface area (Å²) in [5, 5.41) is 10.6. The van der Waals surface area contributed by atoms with Crippen LogP contribution in [0.25, 0.3) is 16.7 Å². The van der Waals surface area contributed by atoms with Crippen molar-refractivity contribution < 1.29 is 5.11 Å². The molecule has 64 heavy (non-hydrogen) atoms. The highest BCUT2D eigenvalue weighted by Crippen LogP contribution is 2.61. The van der Waals surface area contributed by atoms with Crippen molar-refractivity contribution in [1.29, 1.82) is 0 Å². The fourth-order valence-electron chi connectivity index (χ4n) is 10.2. The molecule has 1 N–H and O–H groups in total. The minimum atomic E-state index is -0.546. The van der Waals surface area contributed by atoms with Gasteiger partial charge >= 0.3 is 0 Å². The van der Waals surface area contributed by atoms with Crippen LogP contribution in [0.1, 0.15) is 33.7 Å². The van der Waals surface area contributed by atoms with Gasteiger partial charge in [-0.1, -0.05) is 170 Å². The summed E-state index contributed by atoms with van der Waals surface area (Å²) < 4.78 is 0. The molecule has 0 saturated carbocycles. The number of aromatic hydroxyl groups is 1. The first-order chi connectivity index (χ1) is 31.6. The molecule has 306 valence electrons. The first-order valence-corrected chi connectivity index (χ1v) is 22.1. The molecule has 2 aliphatic carbocycles. The van der Waals surface area contributed by atoms with Gasteiger partial charge in [0.15, 0.2) is 0 Å². The first kappa shape index (κ1) is 38.8. The lowest BCUT2D eigenvalue weighted by Gasteiger charge is -2.39. The average molecular weight is 823 g/mol. The van der Waals surface area contributed by atoms with Gasteiger partial charge in [0.1, 0.15) is 5.75 Å². The smallest absolute Gasteiger partial charge is 0.115 e. The molecular formula is C61H46N2O. The Morgan fingerprint density at radius 3 is 1.27 bits per heavy atom. The van der Waals surface area contributed by atoms with E-state index in [9.17, 15) is 5.11 Å². The molecule has 3 heteroatoms. The molecule has 0 heterocycles. The molecule has 11 rings (SSSR count). The molecule has 0 amide bonds. The standard InChI is InChI=1S/C61H46N2O/c64-56-38-32-49(33-39-56)61(48-16-6-1-7-17-48)59-42-46(44-26-34-54(35-27-44)62(50-18-8-2-9-19-50)51-20-10-3-11-21-51)30-40-57(59)58-41-31-47(43-60(58)61)45-28-36-55(37-29-45)63(52-22-12-4-13-23-52)53-24-14-5-15-25-53/h1-43,57,59,64H. The number of rotatable bonds is 10. The van der Waals surface area contributed by atoms with Crippen LogP contribution in [0, 0.1) is 5.92 Å². The number of anilines is 6. The fourth-order valence-corrected chi connectivity index (χ4v) is 10.2. The Balaban J connectivity index is 1.02. The van der Waals surface area contributed by atoms with Crippen molar-refractivity contribution in [3.05, 3.63) is 289 Å². The van der Waals surface area contributed by atoms with E-state index in [1.54, 1.807) is 0 Å². The van der Waals surface area contributed by atoms with Gasteiger partial charge in [-0.3, -0.25) is 0 Å². The van der Waals surface area contributed by atoms with Crippen LogP contribution in [0.5, 0.6) is 5.75 Å². The lowest BCUT2D eigenvalue weighted by atomic mass is 9.62. The SMILES string of the molecule is Oc1ccc(C2(c3ccccc3)c3cc(-c4ccc(N(c5ccccc5)c5ccccc5)cc4)ccc3C3C=CC(c4ccc(N(c5ccccc5)c5ccccc5)cc4)=CC32)cc1. The van der Waals surface area contributed by atoms with Crippen molar-refractivity contribution in [2.45, 2.75) is 11.3 Å². The molecule has 3 atom stereocenters. The number of para-hydroxylation sites is 4. The van der Waals surface area contributed by atoms with Crippen molar-refractivity contribution in [2.24, 2.45) is 5.92 Å². The summed E-state index contributed by atoms with van der Waals surface area (Å²) in [6.07, 6.45) is 7.26. The zero-order valence-corrected chi connectivity index (χ0v) is 35.3. The predicted octanol–water partition coefficient (Wildman–Crippen LogP) is 15.7. The molecule has 0 spiro atoms. The van der Waals surface area contributed by atoms with Crippen LogP contribution in [-0.4, -0.2) is 5.11 Å². The van der Waals surface area contributed by atoms with E-state index in [1.807, 2.05) is 12.1 Å². The largest absolute Gasteiger partial charge is 0.508 e. The minimum Gasteiger partial charge on any atom is -0.508 e. The molecule has 3 nitrogen and oxygen atoms in total. The Morgan fingerprint density at radius 2 is 0.781 bits per heavy atom. The van der Waals surface area contributed by atoms with E-state index < -0.39 is 5.41 Å². The summed E-state index contributed by atoms with van der Waals surface area (Å²) in [6, 6.07) is 86.2. The van der Waals surface area contributed by atoms with E-state index in [-0.39, 0.29) is 17.6 Å². The summed E-state index contributed by atoms with van der Waals surface area (Å²) in [4.78, 5) is 4.60. The molecule has 0 aromatic heterocycles. The molecule has 9 aromatic carbocycles. The Bertz CT molecular complexity index is 3000. The monoisotopic (exact) mass is 822 g/mol. The van der Waals surface area contributed by atoms with Crippen molar-refractivity contribution in [1.82, 2.24) is 0 Å². The van der Waals surface area contributed by atoms with Gasteiger partial charge in [0.05, 0.1) is 5.41 Å². The zero-order chi connectivity index (χ0) is 42.9. The molecule has 0 radical (unpaired) electrons. The Morgan fingerprint density at radius 1 is 0.375 bits per heavy atom. The maximum absolute atomic E-state index is 10.6. The van der Waals surface area contributed by atoms with Crippen LogP contribution >= 0.6 is 0 Å². The number of hydrogen-bond acceptors (Lipinski definition) is 3. The second-order valence-electron chi connectivity index (χ2n) is 16.7. The van der Waals surface area contributed by atoms with E-state index in [2.05, 4.69) is 259 Å². The van der Waals surface area contributed by atoms with E-state index in [1.165, 1.54) is 33.4 Å². The van der Waals surface area contributed by atoms with Crippen LogP contribution < -0.4 is 9.80 Å². The third-order valence-corrected chi connectivity index (χ3v) is 13.1. The van der Waals surface area contributed by atoms with Gasteiger partial charge in [-0.25, -0.2) is 0 Å². The number of allylic oxidation sites excluding steroid dienone is 4.